The van der Waals surface area contributed by atoms with Crippen LogP contribution in [0.4, 0.5) is 11.5 Å². The minimum atomic E-state index is -0.586. The van der Waals surface area contributed by atoms with Gasteiger partial charge in [-0.2, -0.15) is 0 Å². The highest BCUT2D eigenvalue weighted by molar-refractivity contribution is 8.00. The third kappa shape index (κ3) is 5.64. The molecule has 1 amide bonds. The molecule has 0 spiro atoms. The lowest BCUT2D eigenvalue weighted by Gasteiger charge is -2.26. The lowest BCUT2D eigenvalue weighted by Crippen LogP contribution is -2.42. The molecule has 0 aliphatic heterocycles. The molecule has 0 radical (unpaired) electrons. The van der Waals surface area contributed by atoms with Gasteiger partial charge in [0.2, 0.25) is 5.91 Å². The van der Waals surface area contributed by atoms with Crippen molar-refractivity contribution in [1.82, 2.24) is 9.55 Å². The summed E-state index contributed by atoms with van der Waals surface area (Å²) in [6.07, 6.45) is 8.39. The number of thioether (sulfide) groups is 1. The molecule has 0 saturated heterocycles. The summed E-state index contributed by atoms with van der Waals surface area (Å²) in [7, 11) is 0. The van der Waals surface area contributed by atoms with Crippen molar-refractivity contribution in [2.45, 2.75) is 77.0 Å². The molecular formula is C19H32N4O3S. The van der Waals surface area contributed by atoms with Gasteiger partial charge in [-0.1, -0.05) is 39.5 Å². The van der Waals surface area contributed by atoms with E-state index in [1.165, 1.54) is 28.7 Å². The number of aromatic nitrogens is 2. The number of anilines is 2. The van der Waals surface area contributed by atoms with Gasteiger partial charge in [0.25, 0.3) is 5.56 Å². The number of carbonyl (C=O) groups excluding carboxylic acids is 1. The predicted octanol–water partition coefficient (Wildman–Crippen LogP) is 2.73. The van der Waals surface area contributed by atoms with Gasteiger partial charge in [-0.25, -0.2) is 4.79 Å². The number of hydrogen-bond acceptors (Lipinski definition) is 5. The number of rotatable bonds is 9. The molecule has 1 fully saturated rings. The number of hydrogen-bond donors (Lipinski definition) is 2. The van der Waals surface area contributed by atoms with Gasteiger partial charge in [0.05, 0.1) is 5.75 Å². The van der Waals surface area contributed by atoms with Gasteiger partial charge >= 0.3 is 5.69 Å². The van der Waals surface area contributed by atoms with E-state index in [2.05, 4.69) is 4.98 Å². The lowest BCUT2D eigenvalue weighted by atomic mass is 10.0. The van der Waals surface area contributed by atoms with Gasteiger partial charge in [-0.15, -0.1) is 11.8 Å². The topological polar surface area (TPSA) is 101 Å². The van der Waals surface area contributed by atoms with Crippen LogP contribution in [-0.4, -0.2) is 33.0 Å². The Hall–Kier alpha value is -1.70. The average molecular weight is 397 g/mol. The fraction of sp³-hybridized carbons (Fsp3) is 0.737. The molecule has 2 rings (SSSR count). The zero-order chi connectivity index (χ0) is 19.8. The summed E-state index contributed by atoms with van der Waals surface area (Å²) in [6, 6.07) is 0. The first-order valence-electron chi connectivity index (χ1n) is 10.0. The van der Waals surface area contributed by atoms with E-state index in [-0.39, 0.29) is 17.4 Å². The summed E-state index contributed by atoms with van der Waals surface area (Å²) in [5.74, 6) is 0.302. The molecule has 1 aromatic rings. The summed E-state index contributed by atoms with van der Waals surface area (Å²) in [5.41, 5.74) is 5.17. The Balaban J connectivity index is 2.26. The van der Waals surface area contributed by atoms with Crippen LogP contribution < -0.4 is 21.9 Å². The van der Waals surface area contributed by atoms with Gasteiger partial charge in [0.15, 0.2) is 5.69 Å². The molecular weight excluding hydrogens is 364 g/mol. The van der Waals surface area contributed by atoms with E-state index >= 15 is 0 Å². The molecule has 1 aliphatic carbocycles. The Morgan fingerprint density at radius 3 is 2.56 bits per heavy atom. The number of nitrogens with two attached hydrogens (primary N) is 1. The van der Waals surface area contributed by atoms with Gasteiger partial charge in [-0.05, 0) is 25.7 Å². The number of amides is 1. The number of nitrogens with one attached hydrogen (secondary N) is 1. The van der Waals surface area contributed by atoms with Crippen molar-refractivity contribution in [3.8, 4) is 0 Å². The summed E-state index contributed by atoms with van der Waals surface area (Å²) >= 11 is 1.68. The van der Waals surface area contributed by atoms with E-state index < -0.39 is 11.2 Å². The number of carbonyl (C=O) groups is 1. The fourth-order valence-electron chi connectivity index (χ4n) is 3.46. The summed E-state index contributed by atoms with van der Waals surface area (Å²) in [5, 5.41) is 0.514. The third-order valence-electron chi connectivity index (χ3n) is 4.96. The van der Waals surface area contributed by atoms with Crippen molar-refractivity contribution in [2.75, 3.05) is 22.9 Å². The molecule has 1 heterocycles. The zero-order valence-corrected chi connectivity index (χ0v) is 17.3. The van der Waals surface area contributed by atoms with E-state index in [0.29, 0.717) is 30.5 Å². The molecule has 8 heteroatoms. The normalized spacial score (nSPS) is 15.0. The van der Waals surface area contributed by atoms with Gasteiger partial charge < -0.3 is 10.6 Å². The smallest absolute Gasteiger partial charge is 0.330 e. The summed E-state index contributed by atoms with van der Waals surface area (Å²) in [4.78, 5) is 41.3. The second kappa shape index (κ2) is 10.6. The van der Waals surface area contributed by atoms with Crippen LogP contribution in [0.5, 0.6) is 0 Å². The maximum Gasteiger partial charge on any atom is 0.330 e. The number of unbranched alkanes of at least 4 members (excludes halogenated alkanes) is 1. The number of H-pyrrole nitrogens is 1. The van der Waals surface area contributed by atoms with Crippen molar-refractivity contribution in [3.63, 3.8) is 0 Å². The fourth-order valence-corrected chi connectivity index (χ4v) is 4.66. The number of nitrogens with zero attached hydrogens (tertiary/aromatic N) is 2. The molecule has 7 nitrogen and oxygen atoms in total. The van der Waals surface area contributed by atoms with E-state index in [1.807, 2.05) is 13.8 Å². The molecule has 0 bridgehead atoms. The van der Waals surface area contributed by atoms with E-state index in [1.54, 1.807) is 11.8 Å². The molecule has 1 aromatic heterocycles. The van der Waals surface area contributed by atoms with Gasteiger partial charge in [0, 0.05) is 18.3 Å². The predicted molar refractivity (Wildman–Crippen MR) is 113 cm³/mol. The average Bonchev–Trinajstić information content (AvgIpc) is 2.66. The van der Waals surface area contributed by atoms with Crippen LogP contribution in [0.15, 0.2) is 9.59 Å². The third-order valence-corrected chi connectivity index (χ3v) is 6.32. The van der Waals surface area contributed by atoms with Crippen LogP contribution in [0.1, 0.15) is 65.2 Å². The molecule has 0 atom stereocenters. The Morgan fingerprint density at radius 1 is 1.22 bits per heavy atom. The molecule has 27 heavy (non-hydrogen) atoms. The zero-order valence-electron chi connectivity index (χ0n) is 16.5. The summed E-state index contributed by atoms with van der Waals surface area (Å²) in [6.45, 7) is 4.79. The molecule has 0 aromatic carbocycles. The van der Waals surface area contributed by atoms with Crippen LogP contribution in [0, 0.1) is 0 Å². The van der Waals surface area contributed by atoms with Crippen molar-refractivity contribution in [1.29, 1.82) is 0 Å². The highest BCUT2D eigenvalue weighted by Crippen LogP contribution is 2.29. The second-order valence-corrected chi connectivity index (χ2v) is 8.40. The Bertz CT molecular complexity index is 737. The Labute approximate surface area is 164 Å². The van der Waals surface area contributed by atoms with Crippen LogP contribution in [-0.2, 0) is 11.3 Å². The van der Waals surface area contributed by atoms with Crippen LogP contribution in [0.2, 0.25) is 0 Å². The van der Waals surface area contributed by atoms with Gasteiger partial charge in [0.1, 0.15) is 5.82 Å². The Morgan fingerprint density at radius 2 is 1.93 bits per heavy atom. The molecule has 1 saturated carbocycles. The second-order valence-electron chi connectivity index (χ2n) is 7.11. The molecule has 1 aliphatic rings. The lowest BCUT2D eigenvalue weighted by molar-refractivity contribution is -0.116. The van der Waals surface area contributed by atoms with E-state index in [9.17, 15) is 14.4 Å². The first-order chi connectivity index (χ1) is 13.0. The first kappa shape index (κ1) is 21.6. The van der Waals surface area contributed by atoms with Crippen molar-refractivity contribution in [2.24, 2.45) is 0 Å². The largest absolute Gasteiger partial charge is 0.383 e. The standard InChI is InChI=1S/C19H32N4O3S/c1-3-5-12-22(15(24)13-27-14-9-7-6-8-10-14)16-17(20)23(11-4-2)19(26)21-18(16)25/h14H,3-13,20H2,1-2H3,(H,21,25,26). The highest BCUT2D eigenvalue weighted by atomic mass is 32.2. The summed E-state index contributed by atoms with van der Waals surface area (Å²) < 4.78 is 1.34. The SMILES string of the molecule is CCCCN(C(=O)CSC1CCCCC1)c1c(N)n(CCC)c(=O)[nH]c1=O. The minimum Gasteiger partial charge on any atom is -0.383 e. The first-order valence-corrected chi connectivity index (χ1v) is 11.1. The van der Waals surface area contributed by atoms with Crippen molar-refractivity contribution in [3.05, 3.63) is 20.8 Å². The van der Waals surface area contributed by atoms with Crippen LogP contribution >= 0.6 is 11.8 Å². The quantitative estimate of drug-likeness (QED) is 0.668. The van der Waals surface area contributed by atoms with E-state index in [0.717, 1.165) is 25.7 Å². The van der Waals surface area contributed by atoms with E-state index in [4.69, 9.17) is 5.73 Å². The monoisotopic (exact) mass is 396 g/mol. The van der Waals surface area contributed by atoms with Crippen LogP contribution in [0.25, 0.3) is 0 Å². The maximum absolute atomic E-state index is 13.0. The molecule has 3 N–H and O–H groups in total. The minimum absolute atomic E-state index is 0.0812. The van der Waals surface area contributed by atoms with Crippen LogP contribution in [0.3, 0.4) is 0 Å². The van der Waals surface area contributed by atoms with Gasteiger partial charge in [-0.3, -0.25) is 19.1 Å². The maximum atomic E-state index is 13.0. The number of aromatic amines is 1. The Kier molecular flexibility index (Phi) is 8.47. The van der Waals surface area contributed by atoms with Crippen molar-refractivity contribution >= 4 is 29.2 Å². The molecule has 152 valence electrons. The highest BCUT2D eigenvalue weighted by Gasteiger charge is 2.25. The molecule has 0 unspecified atom stereocenters. The van der Waals surface area contributed by atoms with Crippen molar-refractivity contribution < 1.29 is 4.79 Å². The number of nitrogen functional groups attached to an aromatic ring is 1.